The summed E-state index contributed by atoms with van der Waals surface area (Å²) in [5.74, 6) is 0.191. The molecule has 27 heavy (non-hydrogen) atoms. The Morgan fingerprint density at radius 1 is 1.19 bits per heavy atom. The number of nitrogens with one attached hydrogen (secondary N) is 1. The summed E-state index contributed by atoms with van der Waals surface area (Å²) in [4.78, 5) is 26.0. The topological polar surface area (TPSA) is 58.6 Å². The number of carbonyl (C=O) groups excluding carboxylic acids is 2. The van der Waals surface area contributed by atoms with Crippen LogP contribution in [0.1, 0.15) is 31.4 Å². The van der Waals surface area contributed by atoms with Gasteiger partial charge in [0, 0.05) is 36.7 Å². The Kier molecular flexibility index (Phi) is 7.25. The Morgan fingerprint density at radius 2 is 1.85 bits per heavy atom. The summed E-state index contributed by atoms with van der Waals surface area (Å²) in [6, 6.07) is 11.2. The molecule has 5 nitrogen and oxygen atoms in total. The number of amides is 2. The minimum Gasteiger partial charge on any atom is -0.495 e. The van der Waals surface area contributed by atoms with E-state index in [1.807, 2.05) is 31.2 Å². The van der Waals surface area contributed by atoms with Gasteiger partial charge >= 0.3 is 0 Å². The van der Waals surface area contributed by atoms with Crippen LogP contribution in [-0.4, -0.2) is 25.5 Å². The summed E-state index contributed by atoms with van der Waals surface area (Å²) in [5.41, 5.74) is 3.39. The van der Waals surface area contributed by atoms with E-state index in [2.05, 4.69) is 12.2 Å². The highest BCUT2D eigenvalue weighted by atomic mass is 35.5. The third kappa shape index (κ3) is 5.47. The summed E-state index contributed by atoms with van der Waals surface area (Å²) in [5, 5.41) is 3.41. The van der Waals surface area contributed by atoms with Crippen LogP contribution >= 0.6 is 11.6 Å². The van der Waals surface area contributed by atoms with E-state index in [0.717, 1.165) is 17.7 Å². The summed E-state index contributed by atoms with van der Waals surface area (Å²) < 4.78 is 5.27. The van der Waals surface area contributed by atoms with E-state index >= 15 is 0 Å². The van der Waals surface area contributed by atoms with E-state index in [9.17, 15) is 9.59 Å². The maximum Gasteiger partial charge on any atom is 0.226 e. The van der Waals surface area contributed by atoms with E-state index in [-0.39, 0.29) is 18.2 Å². The molecule has 0 unspecified atom stereocenters. The number of hydrogen-bond donors (Lipinski definition) is 1. The average Bonchev–Trinajstić information content (AvgIpc) is 2.65. The molecule has 144 valence electrons. The zero-order valence-corrected chi connectivity index (χ0v) is 16.9. The van der Waals surface area contributed by atoms with Gasteiger partial charge in [-0.2, -0.15) is 0 Å². The summed E-state index contributed by atoms with van der Waals surface area (Å²) in [6.07, 6.45) is 1.10. The van der Waals surface area contributed by atoms with Crippen molar-refractivity contribution in [2.24, 2.45) is 0 Å². The van der Waals surface area contributed by atoms with Gasteiger partial charge < -0.3 is 15.0 Å². The molecule has 1 N–H and O–H groups in total. The Bertz CT molecular complexity index is 819. The maximum atomic E-state index is 12.4. The molecular weight excluding hydrogens is 364 g/mol. The van der Waals surface area contributed by atoms with Gasteiger partial charge in [-0.25, -0.2) is 0 Å². The number of aryl methyl sites for hydroxylation is 2. The molecule has 6 heteroatoms. The molecule has 0 bridgehead atoms. The Hall–Kier alpha value is -2.53. The van der Waals surface area contributed by atoms with Crippen LogP contribution < -0.4 is 15.0 Å². The van der Waals surface area contributed by atoms with E-state index < -0.39 is 0 Å². The number of nitrogens with zero attached hydrogens (tertiary/aromatic N) is 1. The molecule has 0 saturated heterocycles. The van der Waals surface area contributed by atoms with Crippen LogP contribution in [0.3, 0.4) is 0 Å². The molecule has 0 atom stereocenters. The summed E-state index contributed by atoms with van der Waals surface area (Å²) >= 11 is 6.09. The fourth-order valence-electron chi connectivity index (χ4n) is 2.74. The van der Waals surface area contributed by atoms with Gasteiger partial charge in [-0.1, -0.05) is 30.7 Å². The normalized spacial score (nSPS) is 10.4. The predicted molar refractivity (Wildman–Crippen MR) is 110 cm³/mol. The molecule has 2 rings (SSSR count). The van der Waals surface area contributed by atoms with Gasteiger partial charge in [-0.15, -0.1) is 0 Å². The monoisotopic (exact) mass is 388 g/mol. The number of ether oxygens (including phenoxy) is 1. The maximum absolute atomic E-state index is 12.4. The standard InChI is InChI=1S/C21H25ClN2O3/c1-5-16-6-8-17(9-7-16)24(15(3)25)11-10-21(26)23-19-12-14(2)18(22)13-20(19)27-4/h6-9,12-13H,5,10-11H2,1-4H3,(H,23,26). The highest BCUT2D eigenvalue weighted by Crippen LogP contribution is 2.31. The van der Waals surface area contributed by atoms with Crippen LogP contribution in [0.5, 0.6) is 5.75 Å². The zero-order valence-electron chi connectivity index (χ0n) is 16.1. The molecule has 0 spiro atoms. The van der Waals surface area contributed by atoms with Crippen LogP contribution in [0.2, 0.25) is 5.02 Å². The number of halogens is 1. The second-order valence-corrected chi connectivity index (χ2v) is 6.70. The lowest BCUT2D eigenvalue weighted by atomic mass is 10.1. The molecule has 2 aromatic rings. The van der Waals surface area contributed by atoms with Crippen molar-refractivity contribution < 1.29 is 14.3 Å². The van der Waals surface area contributed by atoms with Gasteiger partial charge in [0.05, 0.1) is 12.8 Å². The first-order valence-electron chi connectivity index (χ1n) is 8.86. The lowest BCUT2D eigenvalue weighted by Crippen LogP contribution is -2.32. The lowest BCUT2D eigenvalue weighted by Gasteiger charge is -2.21. The van der Waals surface area contributed by atoms with Gasteiger partial charge in [0.2, 0.25) is 11.8 Å². The minimum absolute atomic E-state index is 0.105. The molecule has 0 saturated carbocycles. The van der Waals surface area contributed by atoms with Crippen molar-refractivity contribution in [3.8, 4) is 5.75 Å². The Balaban J connectivity index is 2.06. The number of carbonyl (C=O) groups is 2. The van der Waals surface area contributed by atoms with Crippen molar-refractivity contribution in [2.45, 2.75) is 33.6 Å². The minimum atomic E-state index is -0.202. The van der Waals surface area contributed by atoms with E-state index in [1.54, 1.807) is 17.0 Å². The quantitative estimate of drug-likeness (QED) is 0.754. The molecule has 0 heterocycles. The SMILES string of the molecule is CCc1ccc(N(CCC(=O)Nc2cc(C)c(Cl)cc2OC)C(C)=O)cc1. The molecule has 0 aromatic heterocycles. The summed E-state index contributed by atoms with van der Waals surface area (Å²) in [7, 11) is 1.52. The highest BCUT2D eigenvalue weighted by Gasteiger charge is 2.15. The third-order valence-electron chi connectivity index (χ3n) is 4.35. The number of methoxy groups -OCH3 is 1. The lowest BCUT2D eigenvalue weighted by molar-refractivity contribution is -0.117. The molecule has 0 fully saturated rings. The molecule has 0 aliphatic heterocycles. The van der Waals surface area contributed by atoms with Crippen LogP contribution in [0.15, 0.2) is 36.4 Å². The molecule has 0 aliphatic carbocycles. The largest absolute Gasteiger partial charge is 0.495 e. The van der Waals surface area contributed by atoms with E-state index in [1.165, 1.54) is 19.6 Å². The first-order chi connectivity index (χ1) is 12.8. The van der Waals surface area contributed by atoms with Crippen molar-refractivity contribution in [1.82, 2.24) is 0 Å². The van der Waals surface area contributed by atoms with Crippen molar-refractivity contribution in [2.75, 3.05) is 23.9 Å². The third-order valence-corrected chi connectivity index (χ3v) is 4.76. The van der Waals surface area contributed by atoms with Crippen molar-refractivity contribution in [3.63, 3.8) is 0 Å². The number of rotatable bonds is 7. The molecule has 0 aliphatic rings. The average molecular weight is 389 g/mol. The van der Waals surface area contributed by atoms with Crippen LogP contribution in [0.4, 0.5) is 11.4 Å². The second-order valence-electron chi connectivity index (χ2n) is 6.29. The van der Waals surface area contributed by atoms with E-state index in [0.29, 0.717) is 23.0 Å². The first-order valence-corrected chi connectivity index (χ1v) is 9.24. The fourth-order valence-corrected chi connectivity index (χ4v) is 2.89. The first kappa shape index (κ1) is 20.8. The number of benzene rings is 2. The predicted octanol–water partition coefficient (Wildman–Crippen LogP) is 4.60. The molecule has 0 radical (unpaired) electrons. The van der Waals surface area contributed by atoms with Crippen molar-refractivity contribution in [1.29, 1.82) is 0 Å². The molecular formula is C21H25ClN2O3. The summed E-state index contributed by atoms with van der Waals surface area (Å²) in [6.45, 7) is 5.72. The highest BCUT2D eigenvalue weighted by molar-refractivity contribution is 6.31. The smallest absolute Gasteiger partial charge is 0.226 e. The van der Waals surface area contributed by atoms with Crippen molar-refractivity contribution in [3.05, 3.63) is 52.5 Å². The number of hydrogen-bond acceptors (Lipinski definition) is 3. The number of anilines is 2. The fraction of sp³-hybridized carbons (Fsp3) is 0.333. The van der Waals surface area contributed by atoms with Crippen LogP contribution in [0.25, 0.3) is 0 Å². The second kappa shape index (κ2) is 9.42. The van der Waals surface area contributed by atoms with Gasteiger partial charge in [0.15, 0.2) is 0 Å². The van der Waals surface area contributed by atoms with E-state index in [4.69, 9.17) is 16.3 Å². The van der Waals surface area contributed by atoms with Gasteiger partial charge in [-0.3, -0.25) is 9.59 Å². The van der Waals surface area contributed by atoms with Crippen molar-refractivity contribution >= 4 is 34.8 Å². The van der Waals surface area contributed by atoms with Gasteiger partial charge in [-0.05, 0) is 42.7 Å². The van der Waals surface area contributed by atoms with Crippen LogP contribution in [0, 0.1) is 6.92 Å². The molecule has 2 aromatic carbocycles. The van der Waals surface area contributed by atoms with Crippen LogP contribution in [-0.2, 0) is 16.0 Å². The van der Waals surface area contributed by atoms with Gasteiger partial charge in [0.25, 0.3) is 0 Å². The van der Waals surface area contributed by atoms with Gasteiger partial charge in [0.1, 0.15) is 5.75 Å². The Morgan fingerprint density at radius 3 is 2.41 bits per heavy atom. The Labute approximate surface area is 165 Å². The zero-order chi connectivity index (χ0) is 20.0. The molecule has 2 amide bonds.